The zero-order valence-corrected chi connectivity index (χ0v) is 2.88. The first kappa shape index (κ1) is 9.25. The average Bonchev–Trinajstić information content (AvgIpc) is 0.918. The SMILES string of the molecule is Cl.N=CN. The molecule has 0 saturated carbocycles. The lowest BCUT2D eigenvalue weighted by atomic mass is 11.4. The molecule has 0 aliphatic rings. The van der Waals surface area contributed by atoms with Gasteiger partial charge in [0.05, 0.1) is 6.34 Å². The first-order chi connectivity index (χ1) is 1.41. The van der Waals surface area contributed by atoms with Crippen molar-refractivity contribution in [1.82, 2.24) is 0 Å². The number of nitrogens with one attached hydrogen (secondary N) is 1. The van der Waals surface area contributed by atoms with Crippen LogP contribution in [-0.4, -0.2) is 6.34 Å². The summed E-state index contributed by atoms with van der Waals surface area (Å²) < 4.78 is 0. The summed E-state index contributed by atoms with van der Waals surface area (Å²) >= 11 is 0. The highest BCUT2D eigenvalue weighted by molar-refractivity contribution is 5.85. The summed E-state index contributed by atoms with van der Waals surface area (Å²) in [5.41, 5.74) is 4.39. The zero-order valence-electron chi connectivity index (χ0n) is 2.06. The smallest absolute Gasteiger partial charge is 0.0765 e. The molecular weight excluding hydrogens is 75.5 g/mol. The van der Waals surface area contributed by atoms with Gasteiger partial charge >= 0.3 is 0 Å². The van der Waals surface area contributed by atoms with Crippen molar-refractivity contribution in [2.24, 2.45) is 5.73 Å². The largest absolute Gasteiger partial charge is 0.390 e. The molecule has 0 atom stereocenters. The van der Waals surface area contributed by atoms with Crippen molar-refractivity contribution in [1.29, 1.82) is 5.41 Å². The number of rotatable bonds is 0. The van der Waals surface area contributed by atoms with Crippen molar-refractivity contribution in [3.8, 4) is 0 Å². The second-order valence-electron chi connectivity index (χ2n) is 0.167. The quantitative estimate of drug-likeness (QED) is 0.312. The van der Waals surface area contributed by atoms with Gasteiger partial charge in [-0.05, 0) is 0 Å². The molecule has 0 aromatic rings. The van der Waals surface area contributed by atoms with Crippen LogP contribution in [0.2, 0.25) is 0 Å². The van der Waals surface area contributed by atoms with Crippen LogP contribution in [0, 0.1) is 5.41 Å². The summed E-state index contributed by atoms with van der Waals surface area (Å²) in [5, 5.41) is 5.86. The minimum absolute atomic E-state index is 0. The summed E-state index contributed by atoms with van der Waals surface area (Å²) in [7, 11) is 0. The van der Waals surface area contributed by atoms with E-state index in [2.05, 4.69) is 5.73 Å². The molecule has 0 spiro atoms. The Morgan fingerprint density at radius 1 is 1.75 bits per heavy atom. The Morgan fingerprint density at radius 2 is 1.75 bits per heavy atom. The highest BCUT2D eigenvalue weighted by atomic mass is 35.5. The van der Waals surface area contributed by atoms with Crippen molar-refractivity contribution in [2.45, 2.75) is 0 Å². The van der Waals surface area contributed by atoms with E-state index in [0.717, 1.165) is 6.34 Å². The van der Waals surface area contributed by atoms with Crippen LogP contribution in [0.1, 0.15) is 0 Å². The van der Waals surface area contributed by atoms with Crippen molar-refractivity contribution in [3.63, 3.8) is 0 Å². The molecule has 0 rings (SSSR count). The second kappa shape index (κ2) is 14.8. The Morgan fingerprint density at radius 3 is 1.75 bits per heavy atom. The molecule has 3 N–H and O–H groups in total. The Bertz CT molecular complexity index is 13.5. The third kappa shape index (κ3) is 17.6. The van der Waals surface area contributed by atoms with Gasteiger partial charge in [0.15, 0.2) is 0 Å². The highest BCUT2D eigenvalue weighted by Crippen LogP contribution is 0.879. The van der Waals surface area contributed by atoms with Gasteiger partial charge in [-0.3, -0.25) is 5.41 Å². The normalized spacial score (nSPS) is 3.00. The molecule has 0 fully saturated rings. The van der Waals surface area contributed by atoms with Crippen molar-refractivity contribution >= 4 is 18.7 Å². The number of nitrogens with two attached hydrogens (primary N) is 1. The molecule has 0 bridgehead atoms. The summed E-state index contributed by atoms with van der Waals surface area (Å²) in [6, 6.07) is 0. The number of halogens is 1. The molecule has 0 heterocycles. The Hall–Kier alpha value is -0.240. The van der Waals surface area contributed by atoms with Crippen molar-refractivity contribution in [2.75, 3.05) is 0 Å². The Kier molecular flexibility index (Phi) is 34.2. The summed E-state index contributed by atoms with van der Waals surface area (Å²) in [6.07, 6.45) is 0.750. The van der Waals surface area contributed by atoms with E-state index in [1.807, 2.05) is 0 Å². The molecule has 0 unspecified atom stereocenters. The molecule has 4 heavy (non-hydrogen) atoms. The van der Waals surface area contributed by atoms with E-state index < -0.39 is 0 Å². The monoisotopic (exact) mass is 80.0 g/mol. The highest BCUT2D eigenvalue weighted by Gasteiger charge is 1.10. The molecule has 0 aromatic heterocycles. The van der Waals surface area contributed by atoms with E-state index in [-0.39, 0.29) is 12.4 Å². The van der Waals surface area contributed by atoms with Crippen LogP contribution in [0.15, 0.2) is 0 Å². The van der Waals surface area contributed by atoms with Gasteiger partial charge in [0.2, 0.25) is 0 Å². The van der Waals surface area contributed by atoms with Crippen LogP contribution in [0.5, 0.6) is 0 Å². The van der Waals surface area contributed by atoms with E-state index in [4.69, 9.17) is 5.41 Å². The second-order valence-corrected chi connectivity index (χ2v) is 0.167. The zero-order chi connectivity index (χ0) is 2.71. The lowest BCUT2D eigenvalue weighted by molar-refractivity contribution is 1.52. The third-order valence-corrected chi connectivity index (χ3v) is 0. The van der Waals surface area contributed by atoms with Crippen LogP contribution in [0.25, 0.3) is 0 Å². The Balaban J connectivity index is 0. The maximum Gasteiger partial charge on any atom is 0.0765 e. The molecule has 0 aliphatic heterocycles. The summed E-state index contributed by atoms with van der Waals surface area (Å²) in [5.74, 6) is 0. The molecule has 0 radical (unpaired) electrons. The predicted molar refractivity (Wildman–Crippen MR) is 20.2 cm³/mol. The molecule has 2 nitrogen and oxygen atoms in total. The number of hydrogen-bond donors (Lipinski definition) is 2. The number of hydrogen-bond acceptors (Lipinski definition) is 1. The fraction of sp³-hybridized carbons (Fsp3) is 0. The first-order valence-corrected chi connectivity index (χ1v) is 0.622. The van der Waals surface area contributed by atoms with Gasteiger partial charge in [0, 0.05) is 0 Å². The molecular formula is CH5ClN2. The van der Waals surface area contributed by atoms with Crippen LogP contribution in [-0.2, 0) is 0 Å². The maximum atomic E-state index is 5.86. The minimum Gasteiger partial charge on any atom is -0.390 e. The lowest BCUT2D eigenvalue weighted by Crippen LogP contribution is -1.81. The van der Waals surface area contributed by atoms with Crippen LogP contribution in [0.4, 0.5) is 0 Å². The van der Waals surface area contributed by atoms with E-state index >= 15 is 0 Å². The molecule has 3 heteroatoms. The molecule has 0 aliphatic carbocycles. The van der Waals surface area contributed by atoms with E-state index in [1.54, 1.807) is 0 Å². The predicted octanol–water partition coefficient (Wildman–Crippen LogP) is -0.0260. The molecule has 26 valence electrons. The van der Waals surface area contributed by atoms with Gasteiger partial charge in [-0.1, -0.05) is 0 Å². The van der Waals surface area contributed by atoms with Crippen LogP contribution >= 0.6 is 12.4 Å². The van der Waals surface area contributed by atoms with Gasteiger partial charge in [0.1, 0.15) is 0 Å². The summed E-state index contributed by atoms with van der Waals surface area (Å²) in [4.78, 5) is 0. The van der Waals surface area contributed by atoms with E-state index in [9.17, 15) is 0 Å². The topological polar surface area (TPSA) is 49.9 Å². The van der Waals surface area contributed by atoms with Crippen LogP contribution < -0.4 is 5.73 Å². The first-order valence-electron chi connectivity index (χ1n) is 0.622. The molecule has 0 amide bonds. The van der Waals surface area contributed by atoms with Gasteiger partial charge in [0.25, 0.3) is 0 Å². The standard InChI is InChI=1S/CH4N2.ClH/c2-1-3;/h1H,(H3,2,3);1H. The van der Waals surface area contributed by atoms with Crippen molar-refractivity contribution < 1.29 is 0 Å². The van der Waals surface area contributed by atoms with Gasteiger partial charge in [-0.2, -0.15) is 0 Å². The molecule has 0 aromatic carbocycles. The average molecular weight is 80.5 g/mol. The van der Waals surface area contributed by atoms with Gasteiger partial charge in [-0.15, -0.1) is 12.4 Å². The third-order valence-electron chi connectivity index (χ3n) is 0. The minimum atomic E-state index is 0. The van der Waals surface area contributed by atoms with E-state index in [1.165, 1.54) is 0 Å². The fourth-order valence-corrected chi connectivity index (χ4v) is 0. The fourth-order valence-electron chi connectivity index (χ4n) is 0. The van der Waals surface area contributed by atoms with Crippen LogP contribution in [0.3, 0.4) is 0 Å². The molecule has 0 saturated heterocycles. The Labute approximate surface area is 30.9 Å². The van der Waals surface area contributed by atoms with E-state index in [0.29, 0.717) is 0 Å². The maximum absolute atomic E-state index is 5.86. The van der Waals surface area contributed by atoms with Gasteiger partial charge in [-0.25, -0.2) is 0 Å². The van der Waals surface area contributed by atoms with Gasteiger partial charge < -0.3 is 5.73 Å². The summed E-state index contributed by atoms with van der Waals surface area (Å²) in [6.45, 7) is 0. The lowest BCUT2D eigenvalue weighted by Gasteiger charge is -1.38. The van der Waals surface area contributed by atoms with Crippen molar-refractivity contribution in [3.05, 3.63) is 0 Å².